The molecule has 1 heterocycles. The van der Waals surface area contributed by atoms with Gasteiger partial charge in [0.2, 0.25) is 5.91 Å². The molecule has 2 aliphatic carbocycles. The number of sulfonamides is 1. The van der Waals surface area contributed by atoms with Crippen molar-refractivity contribution in [3.63, 3.8) is 0 Å². The first-order valence-corrected chi connectivity index (χ1v) is 15.2. The molecule has 0 atom stereocenters. The third kappa shape index (κ3) is 6.95. The fraction of sp³-hybridized carbons (Fsp3) is 0.792. The highest BCUT2D eigenvalue weighted by Gasteiger charge is 2.34. The van der Waals surface area contributed by atoms with Crippen LogP contribution < -0.4 is 5.32 Å². The Morgan fingerprint density at radius 3 is 2.23 bits per heavy atom. The molecule has 198 valence electrons. The van der Waals surface area contributed by atoms with Gasteiger partial charge in [-0.1, -0.05) is 37.5 Å². The van der Waals surface area contributed by atoms with Crippen molar-refractivity contribution < 1.29 is 18.0 Å². The smallest absolute Gasteiger partial charge is 0.324 e. The van der Waals surface area contributed by atoms with Crippen LogP contribution in [0.1, 0.15) is 78.6 Å². The first-order valence-electron chi connectivity index (χ1n) is 13.0. The lowest BCUT2D eigenvalue weighted by Crippen LogP contribution is -2.51. The third-order valence-corrected chi connectivity index (χ3v) is 10.6. The van der Waals surface area contributed by atoms with Crippen LogP contribution in [0, 0.1) is 5.92 Å². The largest absolute Gasteiger partial charge is 0.342 e. The predicted molar refractivity (Wildman–Crippen MR) is 139 cm³/mol. The number of aromatic nitrogens is 1. The summed E-state index contributed by atoms with van der Waals surface area (Å²) in [5.41, 5.74) is 0. The van der Waals surface area contributed by atoms with Gasteiger partial charge in [-0.05, 0) is 58.3 Å². The maximum Gasteiger partial charge on any atom is 0.324 e. The van der Waals surface area contributed by atoms with Crippen molar-refractivity contribution in [2.75, 3.05) is 32.0 Å². The fourth-order valence-corrected chi connectivity index (χ4v) is 7.56. The maximum atomic E-state index is 13.4. The molecule has 9 nitrogen and oxygen atoms in total. The SMILES string of the molecule is CCN(CC)C(=O)CN(C)S(=O)(=O)c1cnc(NC(=O)N(C2CCCCC2)C2CCC(C)CC2)s1. The minimum atomic E-state index is -3.89. The van der Waals surface area contributed by atoms with E-state index in [0.29, 0.717) is 19.0 Å². The zero-order chi connectivity index (χ0) is 25.6. The molecule has 0 radical (unpaired) electrons. The van der Waals surface area contributed by atoms with Crippen LogP contribution in [0.4, 0.5) is 9.93 Å². The number of rotatable bonds is 9. The molecule has 0 aliphatic heterocycles. The number of thiazole rings is 1. The zero-order valence-corrected chi connectivity index (χ0v) is 23.2. The monoisotopic (exact) mass is 527 g/mol. The van der Waals surface area contributed by atoms with E-state index < -0.39 is 10.0 Å². The van der Waals surface area contributed by atoms with E-state index >= 15 is 0 Å². The highest BCUT2D eigenvalue weighted by atomic mass is 32.2. The first-order chi connectivity index (χ1) is 16.7. The van der Waals surface area contributed by atoms with E-state index in [2.05, 4.69) is 17.2 Å². The number of carbonyl (C=O) groups excluding carboxylic acids is 2. The highest BCUT2D eigenvalue weighted by molar-refractivity contribution is 7.91. The maximum absolute atomic E-state index is 13.4. The van der Waals surface area contributed by atoms with Crippen LogP contribution in [-0.2, 0) is 14.8 Å². The second kappa shape index (κ2) is 12.5. The molecule has 0 saturated heterocycles. The summed E-state index contributed by atoms with van der Waals surface area (Å²) in [5.74, 6) is 0.448. The summed E-state index contributed by atoms with van der Waals surface area (Å²) in [7, 11) is -2.50. The summed E-state index contributed by atoms with van der Waals surface area (Å²) < 4.78 is 27.1. The standard InChI is InChI=1S/C24H41N5O4S2/c1-5-28(6-2)21(30)17-27(4)35(32,33)22-16-25-23(34-22)26-24(31)29(19-10-8-7-9-11-19)20-14-12-18(3)13-15-20/h16,18-20H,5-15,17H2,1-4H3,(H,25,26,31). The van der Waals surface area contributed by atoms with Gasteiger partial charge in [0, 0.05) is 32.2 Å². The number of nitrogens with one attached hydrogen (secondary N) is 1. The Morgan fingerprint density at radius 2 is 1.63 bits per heavy atom. The number of anilines is 1. The molecule has 0 aromatic carbocycles. The quantitative estimate of drug-likeness (QED) is 0.513. The van der Waals surface area contributed by atoms with Gasteiger partial charge in [-0.2, -0.15) is 4.31 Å². The average molecular weight is 528 g/mol. The van der Waals surface area contributed by atoms with Crippen molar-refractivity contribution in [3.05, 3.63) is 6.20 Å². The molecular weight excluding hydrogens is 486 g/mol. The summed E-state index contributed by atoms with van der Waals surface area (Å²) in [6.45, 7) is 6.80. The molecule has 1 aromatic rings. The number of likely N-dealkylation sites (N-methyl/N-ethyl adjacent to an activating group) is 2. The van der Waals surface area contributed by atoms with Gasteiger partial charge < -0.3 is 9.80 Å². The second-order valence-electron chi connectivity index (χ2n) is 9.85. The molecule has 1 N–H and O–H groups in total. The van der Waals surface area contributed by atoms with E-state index in [-0.39, 0.29) is 39.9 Å². The van der Waals surface area contributed by atoms with Crippen molar-refractivity contribution in [1.82, 2.24) is 19.1 Å². The van der Waals surface area contributed by atoms with Crippen LogP contribution in [0.2, 0.25) is 0 Å². The number of amides is 3. The molecule has 3 amide bonds. The molecule has 2 fully saturated rings. The summed E-state index contributed by atoms with van der Waals surface area (Å²) in [6.07, 6.45) is 11.0. The molecular formula is C24H41N5O4S2. The van der Waals surface area contributed by atoms with Crippen molar-refractivity contribution in [2.24, 2.45) is 5.92 Å². The molecule has 0 spiro atoms. The minimum Gasteiger partial charge on any atom is -0.342 e. The number of nitrogens with zero attached hydrogens (tertiary/aromatic N) is 4. The molecule has 0 bridgehead atoms. The van der Waals surface area contributed by atoms with E-state index in [0.717, 1.165) is 67.0 Å². The predicted octanol–water partition coefficient (Wildman–Crippen LogP) is 4.38. The molecule has 11 heteroatoms. The Kier molecular flexibility index (Phi) is 9.94. The van der Waals surface area contributed by atoms with Gasteiger partial charge in [0.1, 0.15) is 0 Å². The number of urea groups is 1. The van der Waals surface area contributed by atoms with Crippen molar-refractivity contribution >= 4 is 38.4 Å². The Morgan fingerprint density at radius 1 is 1.03 bits per heavy atom. The molecule has 2 saturated carbocycles. The van der Waals surface area contributed by atoms with Crippen LogP contribution in [0.5, 0.6) is 0 Å². The van der Waals surface area contributed by atoms with Gasteiger partial charge >= 0.3 is 6.03 Å². The van der Waals surface area contributed by atoms with Crippen LogP contribution in [0.3, 0.4) is 0 Å². The Balaban J connectivity index is 1.70. The number of carbonyl (C=O) groups is 2. The van der Waals surface area contributed by atoms with Gasteiger partial charge in [-0.25, -0.2) is 18.2 Å². The third-order valence-electron chi connectivity index (χ3n) is 7.42. The van der Waals surface area contributed by atoms with Crippen LogP contribution >= 0.6 is 11.3 Å². The molecule has 35 heavy (non-hydrogen) atoms. The van der Waals surface area contributed by atoms with E-state index in [4.69, 9.17) is 0 Å². The van der Waals surface area contributed by atoms with Crippen LogP contribution in [0.25, 0.3) is 0 Å². The Bertz CT molecular complexity index is 949. The number of hydrogen-bond donors (Lipinski definition) is 1. The minimum absolute atomic E-state index is 0.0124. The molecule has 1 aromatic heterocycles. The Labute approximate surface area is 214 Å². The average Bonchev–Trinajstić information content (AvgIpc) is 3.31. The first kappa shape index (κ1) is 27.9. The normalized spacial score (nSPS) is 21.6. The summed E-state index contributed by atoms with van der Waals surface area (Å²) >= 11 is 0.930. The molecule has 0 unspecified atom stereocenters. The van der Waals surface area contributed by atoms with Gasteiger partial charge in [0.25, 0.3) is 10.0 Å². The zero-order valence-electron chi connectivity index (χ0n) is 21.5. The fourth-order valence-electron chi connectivity index (χ4n) is 5.21. The van der Waals surface area contributed by atoms with Crippen molar-refractivity contribution in [2.45, 2.75) is 94.9 Å². The van der Waals surface area contributed by atoms with Crippen LogP contribution in [0.15, 0.2) is 10.4 Å². The second-order valence-corrected chi connectivity index (χ2v) is 13.2. The summed E-state index contributed by atoms with van der Waals surface area (Å²) in [6, 6.07) is 0.261. The van der Waals surface area contributed by atoms with Gasteiger partial charge in [-0.3, -0.25) is 10.1 Å². The topological polar surface area (TPSA) is 103 Å². The summed E-state index contributed by atoms with van der Waals surface area (Å²) in [4.78, 5) is 33.7. The van der Waals surface area contributed by atoms with E-state index in [1.54, 1.807) is 4.90 Å². The van der Waals surface area contributed by atoms with Crippen molar-refractivity contribution in [1.29, 1.82) is 0 Å². The molecule has 2 aliphatic rings. The summed E-state index contributed by atoms with van der Waals surface area (Å²) in [5, 5.41) is 3.16. The van der Waals surface area contributed by atoms with Crippen molar-refractivity contribution in [3.8, 4) is 0 Å². The highest BCUT2D eigenvalue weighted by Crippen LogP contribution is 2.33. The van der Waals surface area contributed by atoms with E-state index in [1.807, 2.05) is 18.7 Å². The lowest BCUT2D eigenvalue weighted by atomic mass is 9.84. The lowest BCUT2D eigenvalue weighted by Gasteiger charge is -2.42. The van der Waals surface area contributed by atoms with E-state index in [9.17, 15) is 18.0 Å². The van der Waals surface area contributed by atoms with Gasteiger partial charge in [0.15, 0.2) is 9.34 Å². The molecule has 3 rings (SSSR count). The van der Waals surface area contributed by atoms with Crippen LogP contribution in [-0.4, -0.2) is 78.2 Å². The van der Waals surface area contributed by atoms with Gasteiger partial charge in [-0.15, -0.1) is 0 Å². The lowest BCUT2D eigenvalue weighted by molar-refractivity contribution is -0.130. The van der Waals surface area contributed by atoms with E-state index in [1.165, 1.54) is 19.7 Å². The number of hydrogen-bond acceptors (Lipinski definition) is 6. The van der Waals surface area contributed by atoms with Gasteiger partial charge in [0.05, 0.1) is 12.7 Å². The Hall–Kier alpha value is -1.72.